The number of hydroxylamine groups is 1. The van der Waals surface area contributed by atoms with Crippen LogP contribution in [0.1, 0.15) is 38.4 Å². The van der Waals surface area contributed by atoms with Gasteiger partial charge in [-0.05, 0) is 36.1 Å². The number of hydrogen-bond donors (Lipinski definition) is 2. The van der Waals surface area contributed by atoms with Crippen molar-refractivity contribution in [1.29, 1.82) is 0 Å². The molecule has 4 aromatic rings. The van der Waals surface area contributed by atoms with E-state index in [4.69, 9.17) is 20.1 Å². The van der Waals surface area contributed by atoms with Crippen LogP contribution in [0.2, 0.25) is 0 Å². The van der Waals surface area contributed by atoms with Crippen LogP contribution in [0.5, 0.6) is 0 Å². The van der Waals surface area contributed by atoms with Crippen molar-refractivity contribution >= 4 is 5.91 Å². The Morgan fingerprint density at radius 1 is 1.06 bits per heavy atom. The van der Waals surface area contributed by atoms with Crippen LogP contribution in [-0.2, 0) is 37.1 Å². The van der Waals surface area contributed by atoms with Crippen molar-refractivity contribution in [3.05, 3.63) is 94.4 Å². The Labute approximate surface area is 197 Å². The van der Waals surface area contributed by atoms with Gasteiger partial charge in [-0.2, -0.15) is 10.2 Å². The molecule has 0 saturated heterocycles. The molecule has 0 atom stereocenters. The zero-order valence-corrected chi connectivity index (χ0v) is 19.1. The number of rotatable bonds is 8. The zero-order valence-electron chi connectivity index (χ0n) is 19.1. The van der Waals surface area contributed by atoms with Gasteiger partial charge in [0.1, 0.15) is 0 Å². The molecule has 0 bridgehead atoms. The summed E-state index contributed by atoms with van der Waals surface area (Å²) in [6.45, 7) is 1.89. The van der Waals surface area contributed by atoms with Gasteiger partial charge in [0.2, 0.25) is 0 Å². The number of fused-ring (bicyclic) bond motifs is 3. The Morgan fingerprint density at radius 3 is 2.59 bits per heavy atom. The first kappa shape index (κ1) is 22.1. The predicted molar refractivity (Wildman–Crippen MR) is 127 cm³/mol. The molecule has 0 radical (unpaired) electrons. The van der Waals surface area contributed by atoms with Crippen LogP contribution in [-0.4, -0.2) is 44.4 Å². The van der Waals surface area contributed by atoms with Crippen LogP contribution in [0, 0.1) is 0 Å². The molecular formula is C26H27N5O3. The number of ether oxygens (including phenoxy) is 1. The van der Waals surface area contributed by atoms with Crippen LogP contribution >= 0.6 is 0 Å². The number of nitrogens with one attached hydrogen (secondary N) is 1. The Kier molecular flexibility index (Phi) is 6.24. The van der Waals surface area contributed by atoms with E-state index in [0.717, 1.165) is 47.5 Å². The Morgan fingerprint density at radius 2 is 1.85 bits per heavy atom. The molecule has 0 fully saturated rings. The highest BCUT2D eigenvalue weighted by atomic mass is 16.5. The summed E-state index contributed by atoms with van der Waals surface area (Å²) in [7, 11) is 1.70. The molecule has 0 unspecified atom stereocenters. The fourth-order valence-electron chi connectivity index (χ4n) is 4.54. The molecule has 1 aliphatic rings. The first-order valence-corrected chi connectivity index (χ1v) is 11.4. The smallest absolute Gasteiger partial charge is 0.274 e. The van der Waals surface area contributed by atoms with Crippen molar-refractivity contribution in [3.8, 4) is 11.3 Å². The van der Waals surface area contributed by atoms with E-state index < -0.39 is 5.91 Å². The number of aryl methyl sites for hydroxylation is 1. The van der Waals surface area contributed by atoms with Gasteiger partial charge in [0.15, 0.2) is 0 Å². The summed E-state index contributed by atoms with van der Waals surface area (Å²) in [6, 6.07) is 17.6. The van der Waals surface area contributed by atoms with Crippen molar-refractivity contribution in [3.63, 3.8) is 0 Å². The summed E-state index contributed by atoms with van der Waals surface area (Å²) in [6.07, 6.45) is 4.67. The molecule has 2 heterocycles. The van der Waals surface area contributed by atoms with Gasteiger partial charge in [0.25, 0.3) is 5.91 Å². The van der Waals surface area contributed by atoms with Crippen molar-refractivity contribution < 1.29 is 14.7 Å². The highest BCUT2D eigenvalue weighted by molar-refractivity contribution is 5.93. The third-order valence-corrected chi connectivity index (χ3v) is 6.23. The van der Waals surface area contributed by atoms with Gasteiger partial charge in [-0.15, -0.1) is 0 Å². The number of aromatic nitrogens is 4. The van der Waals surface area contributed by atoms with Crippen LogP contribution in [0.15, 0.2) is 60.8 Å². The van der Waals surface area contributed by atoms with E-state index in [1.54, 1.807) is 24.7 Å². The van der Waals surface area contributed by atoms with E-state index in [9.17, 15) is 4.79 Å². The highest BCUT2D eigenvalue weighted by Gasteiger charge is 2.27. The van der Waals surface area contributed by atoms with E-state index in [2.05, 4.69) is 35.1 Å². The lowest BCUT2D eigenvalue weighted by molar-refractivity contribution is 0.0706. The third kappa shape index (κ3) is 4.37. The molecule has 0 spiro atoms. The topological polar surface area (TPSA) is 94.2 Å². The molecule has 8 nitrogen and oxygen atoms in total. The normalized spacial score (nSPS) is 12.3. The summed E-state index contributed by atoms with van der Waals surface area (Å²) in [5.74, 6) is -0.527. The maximum atomic E-state index is 11.7. The lowest BCUT2D eigenvalue weighted by Crippen LogP contribution is -2.18. The van der Waals surface area contributed by atoms with Gasteiger partial charge < -0.3 is 4.74 Å². The monoisotopic (exact) mass is 457 g/mol. The zero-order chi connectivity index (χ0) is 23.5. The van der Waals surface area contributed by atoms with Crippen molar-refractivity contribution in [2.45, 2.75) is 32.4 Å². The molecule has 174 valence electrons. The van der Waals surface area contributed by atoms with E-state index in [1.165, 1.54) is 11.1 Å². The fraction of sp³-hybridized carbons (Fsp3) is 0.269. The van der Waals surface area contributed by atoms with E-state index in [1.807, 2.05) is 22.9 Å². The number of nitrogens with zero attached hydrogens (tertiary/aromatic N) is 4. The van der Waals surface area contributed by atoms with Crippen molar-refractivity contribution in [2.24, 2.45) is 0 Å². The van der Waals surface area contributed by atoms with Gasteiger partial charge in [-0.25, -0.2) is 5.48 Å². The Bertz CT molecular complexity index is 1290. The average molecular weight is 458 g/mol. The highest BCUT2D eigenvalue weighted by Crippen LogP contribution is 2.36. The molecule has 1 aliphatic carbocycles. The number of amides is 1. The number of carbonyl (C=O) groups excluding carboxylic acids is 1. The molecule has 5 rings (SSSR count). The predicted octanol–water partition coefficient (Wildman–Crippen LogP) is 3.25. The minimum atomic E-state index is -0.527. The summed E-state index contributed by atoms with van der Waals surface area (Å²) >= 11 is 0. The Hall–Kier alpha value is -3.75. The number of benzene rings is 2. The van der Waals surface area contributed by atoms with Crippen LogP contribution in [0.3, 0.4) is 0 Å². The van der Waals surface area contributed by atoms with Crippen LogP contribution < -0.4 is 5.48 Å². The fourth-order valence-corrected chi connectivity index (χ4v) is 4.54. The molecule has 8 heteroatoms. The number of methoxy groups -OCH3 is 1. The van der Waals surface area contributed by atoms with Gasteiger partial charge in [-0.3, -0.25) is 19.4 Å². The number of hydrogen-bond acceptors (Lipinski definition) is 5. The van der Waals surface area contributed by atoms with Crippen molar-refractivity contribution in [2.75, 3.05) is 13.7 Å². The SMILES string of the molecule is COCCn1cc2c(n1)CCc1c(Cc3ccccc3)nn(Cc3ccc(C(=O)NO)cc3)c1-2. The van der Waals surface area contributed by atoms with Gasteiger partial charge in [-0.1, -0.05) is 42.5 Å². The van der Waals surface area contributed by atoms with E-state index >= 15 is 0 Å². The second kappa shape index (κ2) is 9.62. The first-order chi connectivity index (χ1) is 16.7. The molecule has 0 saturated carbocycles. The maximum Gasteiger partial charge on any atom is 0.274 e. The van der Waals surface area contributed by atoms with Gasteiger partial charge >= 0.3 is 0 Å². The minimum absolute atomic E-state index is 0.403. The summed E-state index contributed by atoms with van der Waals surface area (Å²) in [5, 5.41) is 18.7. The third-order valence-electron chi connectivity index (χ3n) is 6.23. The molecule has 0 aliphatic heterocycles. The molecule has 2 aromatic heterocycles. The van der Waals surface area contributed by atoms with Gasteiger partial charge in [0, 0.05) is 36.4 Å². The summed E-state index contributed by atoms with van der Waals surface area (Å²) in [5.41, 5.74) is 10.0. The molecular weight excluding hydrogens is 430 g/mol. The summed E-state index contributed by atoms with van der Waals surface area (Å²) in [4.78, 5) is 11.7. The van der Waals surface area contributed by atoms with E-state index in [-0.39, 0.29) is 0 Å². The standard InChI is InChI=1S/C26H27N5O3/c1-34-14-13-30-17-22-23(27-30)12-11-21-24(15-18-5-3-2-4-6-18)28-31(25(21)22)16-19-7-9-20(10-8-19)26(32)29-33/h2-10,17,33H,11-16H2,1H3,(H,29,32). The summed E-state index contributed by atoms with van der Waals surface area (Å²) < 4.78 is 9.26. The first-order valence-electron chi connectivity index (χ1n) is 11.4. The lowest BCUT2D eigenvalue weighted by atomic mass is 9.92. The minimum Gasteiger partial charge on any atom is -0.383 e. The molecule has 1 amide bonds. The second-order valence-electron chi connectivity index (χ2n) is 8.48. The molecule has 2 aromatic carbocycles. The average Bonchev–Trinajstić information content (AvgIpc) is 3.44. The largest absolute Gasteiger partial charge is 0.383 e. The quantitative estimate of drug-likeness (QED) is 0.313. The lowest BCUT2D eigenvalue weighted by Gasteiger charge is -2.14. The maximum absolute atomic E-state index is 11.7. The molecule has 2 N–H and O–H groups in total. The van der Waals surface area contributed by atoms with Crippen LogP contribution in [0.25, 0.3) is 11.3 Å². The van der Waals surface area contributed by atoms with E-state index in [0.29, 0.717) is 25.3 Å². The van der Waals surface area contributed by atoms with Crippen molar-refractivity contribution in [1.82, 2.24) is 25.0 Å². The van der Waals surface area contributed by atoms with Gasteiger partial charge in [0.05, 0.1) is 36.8 Å². The number of carbonyl (C=O) groups is 1. The second-order valence-corrected chi connectivity index (χ2v) is 8.48. The van der Waals surface area contributed by atoms with Crippen LogP contribution in [0.4, 0.5) is 0 Å². The Balaban J connectivity index is 1.53. The molecule has 34 heavy (non-hydrogen) atoms.